The molecule has 1 aliphatic rings. The van der Waals surface area contributed by atoms with Crippen LogP contribution in [0.3, 0.4) is 0 Å². The van der Waals surface area contributed by atoms with Gasteiger partial charge in [0.25, 0.3) is 0 Å². The van der Waals surface area contributed by atoms with Gasteiger partial charge in [0.15, 0.2) is 0 Å². The van der Waals surface area contributed by atoms with Crippen molar-refractivity contribution in [1.82, 2.24) is 4.98 Å². The van der Waals surface area contributed by atoms with Gasteiger partial charge in [0.1, 0.15) is 5.82 Å². The summed E-state index contributed by atoms with van der Waals surface area (Å²) in [6.45, 7) is 8.82. The standard InChI is InChI=1S/C11H15BrN2/c1-8-9(12)4-5-10(13-8)14-6-11(2,3)7-14/h4-5H,6-7H2,1-3H3. The van der Waals surface area contributed by atoms with E-state index in [1.54, 1.807) is 0 Å². The first-order valence-electron chi connectivity index (χ1n) is 4.86. The Morgan fingerprint density at radius 3 is 2.50 bits per heavy atom. The molecular formula is C11H15BrN2. The quantitative estimate of drug-likeness (QED) is 0.766. The minimum Gasteiger partial charge on any atom is -0.355 e. The molecule has 0 unspecified atom stereocenters. The van der Waals surface area contributed by atoms with Crippen molar-refractivity contribution in [2.75, 3.05) is 18.0 Å². The van der Waals surface area contributed by atoms with Gasteiger partial charge in [-0.25, -0.2) is 4.98 Å². The highest BCUT2D eigenvalue weighted by molar-refractivity contribution is 9.10. The van der Waals surface area contributed by atoms with Crippen molar-refractivity contribution in [2.45, 2.75) is 20.8 Å². The lowest BCUT2D eigenvalue weighted by Gasteiger charge is -2.46. The Balaban J connectivity index is 2.16. The van der Waals surface area contributed by atoms with Crippen LogP contribution in [0.2, 0.25) is 0 Å². The van der Waals surface area contributed by atoms with Gasteiger partial charge in [0, 0.05) is 17.6 Å². The Morgan fingerprint density at radius 1 is 1.36 bits per heavy atom. The fraction of sp³-hybridized carbons (Fsp3) is 0.545. The lowest BCUT2D eigenvalue weighted by atomic mass is 9.84. The first-order valence-corrected chi connectivity index (χ1v) is 5.65. The van der Waals surface area contributed by atoms with Crippen molar-refractivity contribution >= 4 is 21.7 Å². The molecule has 0 radical (unpaired) electrons. The minimum atomic E-state index is 0.461. The van der Waals surface area contributed by atoms with Crippen molar-refractivity contribution in [3.8, 4) is 0 Å². The van der Waals surface area contributed by atoms with E-state index in [-0.39, 0.29) is 0 Å². The molecule has 0 aliphatic carbocycles. The third-order valence-electron chi connectivity index (χ3n) is 2.57. The predicted octanol–water partition coefficient (Wildman–Crippen LogP) is 3.00. The summed E-state index contributed by atoms with van der Waals surface area (Å²) < 4.78 is 1.08. The van der Waals surface area contributed by atoms with Crippen LogP contribution in [0, 0.1) is 12.3 Å². The molecule has 76 valence electrons. The monoisotopic (exact) mass is 254 g/mol. The first kappa shape index (κ1) is 9.97. The maximum atomic E-state index is 4.54. The number of hydrogen-bond acceptors (Lipinski definition) is 2. The molecule has 0 saturated carbocycles. The summed E-state index contributed by atoms with van der Waals surface area (Å²) in [6.07, 6.45) is 0. The number of hydrogen-bond donors (Lipinski definition) is 0. The van der Waals surface area contributed by atoms with E-state index >= 15 is 0 Å². The van der Waals surface area contributed by atoms with Crippen molar-refractivity contribution in [3.63, 3.8) is 0 Å². The summed E-state index contributed by atoms with van der Waals surface area (Å²) in [5.41, 5.74) is 1.52. The zero-order chi connectivity index (χ0) is 10.3. The second-order valence-corrected chi connectivity index (χ2v) is 5.61. The molecule has 3 heteroatoms. The van der Waals surface area contributed by atoms with E-state index in [1.807, 2.05) is 6.92 Å². The highest BCUT2D eigenvalue weighted by atomic mass is 79.9. The van der Waals surface area contributed by atoms with Gasteiger partial charge in [-0.3, -0.25) is 0 Å². The van der Waals surface area contributed by atoms with Gasteiger partial charge in [0.2, 0.25) is 0 Å². The number of rotatable bonds is 1. The molecule has 0 bridgehead atoms. The van der Waals surface area contributed by atoms with Gasteiger partial charge in [-0.1, -0.05) is 13.8 Å². The van der Waals surface area contributed by atoms with Crippen LogP contribution < -0.4 is 4.90 Å². The van der Waals surface area contributed by atoms with E-state index in [2.05, 4.69) is 51.8 Å². The third kappa shape index (κ3) is 1.78. The Kier molecular flexibility index (Phi) is 2.30. The predicted molar refractivity (Wildman–Crippen MR) is 62.7 cm³/mol. The van der Waals surface area contributed by atoms with E-state index in [0.717, 1.165) is 29.1 Å². The second-order valence-electron chi connectivity index (χ2n) is 4.76. The maximum Gasteiger partial charge on any atom is 0.128 e. The van der Waals surface area contributed by atoms with E-state index in [0.29, 0.717) is 5.41 Å². The minimum absolute atomic E-state index is 0.461. The lowest BCUT2D eigenvalue weighted by Crippen LogP contribution is -2.53. The van der Waals surface area contributed by atoms with Gasteiger partial charge in [0.05, 0.1) is 5.69 Å². The smallest absolute Gasteiger partial charge is 0.128 e. The highest BCUT2D eigenvalue weighted by Gasteiger charge is 2.34. The van der Waals surface area contributed by atoms with E-state index in [4.69, 9.17) is 0 Å². The van der Waals surface area contributed by atoms with Gasteiger partial charge in [-0.15, -0.1) is 0 Å². The Labute approximate surface area is 93.5 Å². The first-order chi connectivity index (χ1) is 6.48. The van der Waals surface area contributed by atoms with Crippen LogP contribution in [-0.2, 0) is 0 Å². The van der Waals surface area contributed by atoms with Crippen LogP contribution in [0.1, 0.15) is 19.5 Å². The topological polar surface area (TPSA) is 16.1 Å². The molecule has 1 aromatic rings. The zero-order valence-electron chi connectivity index (χ0n) is 8.84. The number of halogens is 1. The molecule has 2 rings (SSSR count). The van der Waals surface area contributed by atoms with Crippen molar-refractivity contribution < 1.29 is 0 Å². The van der Waals surface area contributed by atoms with Crippen LogP contribution in [0.4, 0.5) is 5.82 Å². The van der Waals surface area contributed by atoms with Crippen LogP contribution >= 0.6 is 15.9 Å². The summed E-state index contributed by atoms with van der Waals surface area (Å²) in [5.74, 6) is 1.10. The zero-order valence-corrected chi connectivity index (χ0v) is 10.4. The lowest BCUT2D eigenvalue weighted by molar-refractivity contribution is 0.274. The fourth-order valence-corrected chi connectivity index (χ4v) is 2.08. The molecule has 0 atom stereocenters. The molecule has 1 aromatic heterocycles. The van der Waals surface area contributed by atoms with E-state index in [1.165, 1.54) is 0 Å². The summed E-state index contributed by atoms with van der Waals surface area (Å²) >= 11 is 3.46. The maximum absolute atomic E-state index is 4.54. The SMILES string of the molecule is Cc1nc(N2CC(C)(C)C2)ccc1Br. The van der Waals surface area contributed by atoms with E-state index in [9.17, 15) is 0 Å². The van der Waals surface area contributed by atoms with Gasteiger partial charge >= 0.3 is 0 Å². The molecule has 14 heavy (non-hydrogen) atoms. The molecule has 0 N–H and O–H groups in total. The summed E-state index contributed by atoms with van der Waals surface area (Å²) in [7, 11) is 0. The third-order valence-corrected chi connectivity index (χ3v) is 3.41. The second kappa shape index (κ2) is 3.23. The number of aromatic nitrogens is 1. The van der Waals surface area contributed by atoms with E-state index < -0.39 is 0 Å². The van der Waals surface area contributed by atoms with Gasteiger partial charge in [-0.2, -0.15) is 0 Å². The molecule has 1 saturated heterocycles. The Morgan fingerprint density at radius 2 is 2.00 bits per heavy atom. The van der Waals surface area contributed by atoms with Crippen LogP contribution in [-0.4, -0.2) is 18.1 Å². The van der Waals surface area contributed by atoms with Crippen LogP contribution in [0.15, 0.2) is 16.6 Å². The Bertz CT molecular complexity index is 352. The molecule has 0 amide bonds. The summed E-state index contributed by atoms with van der Waals surface area (Å²) in [6, 6.07) is 4.15. The average Bonchev–Trinajstić information content (AvgIpc) is 2.06. The number of anilines is 1. The largest absolute Gasteiger partial charge is 0.355 e. The number of pyridine rings is 1. The molecular weight excluding hydrogens is 240 g/mol. The van der Waals surface area contributed by atoms with Crippen LogP contribution in [0.25, 0.3) is 0 Å². The number of aryl methyl sites for hydroxylation is 1. The fourth-order valence-electron chi connectivity index (χ4n) is 1.86. The van der Waals surface area contributed by atoms with Crippen molar-refractivity contribution in [2.24, 2.45) is 5.41 Å². The Hall–Kier alpha value is -0.570. The average molecular weight is 255 g/mol. The highest BCUT2D eigenvalue weighted by Crippen LogP contribution is 2.32. The number of nitrogens with zero attached hydrogens (tertiary/aromatic N) is 2. The molecule has 1 aliphatic heterocycles. The molecule has 2 heterocycles. The van der Waals surface area contributed by atoms with Crippen molar-refractivity contribution in [3.05, 3.63) is 22.3 Å². The molecule has 0 aromatic carbocycles. The van der Waals surface area contributed by atoms with Crippen molar-refractivity contribution in [1.29, 1.82) is 0 Å². The summed E-state index contributed by atoms with van der Waals surface area (Å²) in [5, 5.41) is 0. The molecule has 2 nitrogen and oxygen atoms in total. The van der Waals surface area contributed by atoms with Gasteiger partial charge in [-0.05, 0) is 40.4 Å². The van der Waals surface area contributed by atoms with Gasteiger partial charge < -0.3 is 4.90 Å². The molecule has 1 fully saturated rings. The van der Waals surface area contributed by atoms with Crippen LogP contribution in [0.5, 0.6) is 0 Å². The molecule has 0 spiro atoms. The summed E-state index contributed by atoms with van der Waals surface area (Å²) in [4.78, 5) is 6.86. The normalized spacial score (nSPS) is 19.3.